The van der Waals surface area contributed by atoms with Gasteiger partial charge < -0.3 is 20.7 Å². The van der Waals surface area contributed by atoms with Gasteiger partial charge in [-0.05, 0) is 45.0 Å². The lowest BCUT2D eigenvalue weighted by atomic mass is 10.2. The zero-order valence-corrected chi connectivity index (χ0v) is 12.5. The van der Waals surface area contributed by atoms with Crippen molar-refractivity contribution in [2.45, 2.75) is 32.6 Å². The first-order valence-electron chi connectivity index (χ1n) is 7.78. The van der Waals surface area contributed by atoms with E-state index in [1.165, 1.54) is 38.8 Å². The topological polar surface area (TPSA) is 50.5 Å². The molecule has 0 aliphatic carbocycles. The Labute approximate surface area is 122 Å². The average molecular weight is 277 g/mol. The molecule has 0 spiro atoms. The van der Waals surface area contributed by atoms with Gasteiger partial charge in [-0.3, -0.25) is 0 Å². The molecule has 0 bridgehead atoms. The molecule has 0 radical (unpaired) electrons. The van der Waals surface area contributed by atoms with E-state index in [0.29, 0.717) is 12.3 Å². The predicted octanol–water partition coefficient (Wildman–Crippen LogP) is 2.96. The summed E-state index contributed by atoms with van der Waals surface area (Å²) in [5, 5.41) is 3.43. The molecule has 1 saturated heterocycles. The van der Waals surface area contributed by atoms with Crippen molar-refractivity contribution < 1.29 is 4.74 Å². The molecule has 1 aliphatic heterocycles. The van der Waals surface area contributed by atoms with Gasteiger partial charge >= 0.3 is 0 Å². The highest BCUT2D eigenvalue weighted by atomic mass is 16.5. The minimum atomic E-state index is 0.640. The van der Waals surface area contributed by atoms with E-state index in [9.17, 15) is 0 Å². The molecular weight excluding hydrogens is 250 g/mol. The number of likely N-dealkylation sites (tertiary alicyclic amines) is 1. The van der Waals surface area contributed by atoms with Crippen molar-refractivity contribution in [3.8, 4) is 5.75 Å². The Morgan fingerprint density at radius 2 is 1.95 bits per heavy atom. The number of para-hydroxylation sites is 1. The Bertz CT molecular complexity index is 401. The zero-order valence-electron chi connectivity index (χ0n) is 12.5. The molecule has 112 valence electrons. The molecule has 4 heteroatoms. The van der Waals surface area contributed by atoms with Gasteiger partial charge in [0.2, 0.25) is 0 Å². The maximum absolute atomic E-state index is 6.11. The number of rotatable bonds is 6. The van der Waals surface area contributed by atoms with Crippen LogP contribution in [0.2, 0.25) is 0 Å². The van der Waals surface area contributed by atoms with Gasteiger partial charge in [0.1, 0.15) is 5.75 Å². The van der Waals surface area contributed by atoms with Crippen LogP contribution in [0.3, 0.4) is 0 Å². The Morgan fingerprint density at radius 3 is 2.65 bits per heavy atom. The summed E-state index contributed by atoms with van der Waals surface area (Å²) >= 11 is 0. The fourth-order valence-electron chi connectivity index (χ4n) is 2.69. The molecule has 0 amide bonds. The number of nitrogen functional groups attached to an aromatic ring is 1. The molecule has 0 atom stereocenters. The summed E-state index contributed by atoms with van der Waals surface area (Å²) in [5.41, 5.74) is 7.80. The van der Waals surface area contributed by atoms with Gasteiger partial charge in [-0.25, -0.2) is 0 Å². The number of nitrogens with zero attached hydrogens (tertiary/aromatic N) is 1. The second-order valence-electron chi connectivity index (χ2n) is 5.33. The van der Waals surface area contributed by atoms with E-state index in [1.54, 1.807) is 0 Å². The van der Waals surface area contributed by atoms with Crippen LogP contribution in [-0.4, -0.2) is 37.7 Å². The monoisotopic (exact) mass is 277 g/mol. The van der Waals surface area contributed by atoms with Crippen LogP contribution in [0.1, 0.15) is 32.6 Å². The smallest absolute Gasteiger partial charge is 0.144 e. The first kappa shape index (κ1) is 15.0. The molecule has 1 heterocycles. The maximum atomic E-state index is 6.11. The van der Waals surface area contributed by atoms with Crippen molar-refractivity contribution in [2.24, 2.45) is 0 Å². The quantitative estimate of drug-likeness (QED) is 0.785. The third kappa shape index (κ3) is 4.30. The summed E-state index contributed by atoms with van der Waals surface area (Å²) in [6.07, 6.45) is 5.44. The van der Waals surface area contributed by atoms with Gasteiger partial charge in [0.05, 0.1) is 18.0 Å². The number of ether oxygens (including phenoxy) is 1. The Morgan fingerprint density at radius 1 is 1.20 bits per heavy atom. The molecule has 1 aromatic rings. The lowest BCUT2D eigenvalue weighted by molar-refractivity contribution is 0.296. The van der Waals surface area contributed by atoms with Crippen LogP contribution in [0.4, 0.5) is 11.4 Å². The lowest BCUT2D eigenvalue weighted by Crippen LogP contribution is -2.30. The zero-order chi connectivity index (χ0) is 14.2. The highest BCUT2D eigenvalue weighted by Gasteiger charge is 2.09. The number of anilines is 2. The van der Waals surface area contributed by atoms with Gasteiger partial charge in [-0.2, -0.15) is 0 Å². The first-order valence-corrected chi connectivity index (χ1v) is 7.78. The average Bonchev–Trinajstić information content (AvgIpc) is 2.72. The standard InChI is InChI=1S/C16H27N3O/c1-2-20-15-9-7-8-14(16(15)17)18-10-13-19-11-5-3-4-6-12-19/h7-9,18H,2-6,10-13,17H2,1H3. The minimum Gasteiger partial charge on any atom is -0.492 e. The molecule has 0 unspecified atom stereocenters. The molecule has 1 aromatic carbocycles. The summed E-state index contributed by atoms with van der Waals surface area (Å²) in [7, 11) is 0. The Balaban J connectivity index is 1.82. The van der Waals surface area contributed by atoms with E-state index < -0.39 is 0 Å². The van der Waals surface area contributed by atoms with Crippen molar-refractivity contribution in [1.29, 1.82) is 0 Å². The van der Waals surface area contributed by atoms with E-state index in [0.717, 1.165) is 24.5 Å². The van der Waals surface area contributed by atoms with Gasteiger partial charge in [-0.15, -0.1) is 0 Å². The molecule has 0 saturated carbocycles. The van der Waals surface area contributed by atoms with E-state index >= 15 is 0 Å². The van der Waals surface area contributed by atoms with Crippen molar-refractivity contribution >= 4 is 11.4 Å². The third-order valence-corrected chi connectivity index (χ3v) is 3.81. The molecule has 3 N–H and O–H groups in total. The highest BCUT2D eigenvalue weighted by Crippen LogP contribution is 2.29. The van der Waals surface area contributed by atoms with Crippen LogP contribution in [0.5, 0.6) is 5.75 Å². The van der Waals surface area contributed by atoms with E-state index in [2.05, 4.69) is 10.2 Å². The summed E-state index contributed by atoms with van der Waals surface area (Å²) < 4.78 is 5.51. The molecule has 1 aliphatic rings. The molecule has 1 fully saturated rings. The molecule has 2 rings (SSSR count). The van der Waals surface area contributed by atoms with Gasteiger partial charge in [0.25, 0.3) is 0 Å². The van der Waals surface area contributed by atoms with Crippen molar-refractivity contribution in [3.63, 3.8) is 0 Å². The van der Waals surface area contributed by atoms with Crippen LogP contribution in [-0.2, 0) is 0 Å². The van der Waals surface area contributed by atoms with Gasteiger partial charge in [0.15, 0.2) is 0 Å². The highest BCUT2D eigenvalue weighted by molar-refractivity contribution is 5.72. The van der Waals surface area contributed by atoms with Gasteiger partial charge in [0, 0.05) is 13.1 Å². The second-order valence-corrected chi connectivity index (χ2v) is 5.33. The molecule has 20 heavy (non-hydrogen) atoms. The Kier molecular flexibility index (Phi) is 5.99. The van der Waals surface area contributed by atoms with Crippen LogP contribution in [0.25, 0.3) is 0 Å². The summed E-state index contributed by atoms with van der Waals surface area (Å²) in [5.74, 6) is 0.771. The number of nitrogens with two attached hydrogens (primary N) is 1. The maximum Gasteiger partial charge on any atom is 0.144 e. The minimum absolute atomic E-state index is 0.640. The largest absolute Gasteiger partial charge is 0.492 e. The first-order chi connectivity index (χ1) is 9.81. The van der Waals surface area contributed by atoms with Crippen molar-refractivity contribution in [3.05, 3.63) is 18.2 Å². The molecular formula is C16H27N3O. The molecule has 0 aromatic heterocycles. The number of hydrogen-bond donors (Lipinski definition) is 2. The Hall–Kier alpha value is -1.42. The van der Waals surface area contributed by atoms with Crippen molar-refractivity contribution in [1.82, 2.24) is 4.90 Å². The third-order valence-electron chi connectivity index (χ3n) is 3.81. The van der Waals surface area contributed by atoms with Gasteiger partial charge in [-0.1, -0.05) is 18.9 Å². The van der Waals surface area contributed by atoms with E-state index in [1.807, 2.05) is 25.1 Å². The van der Waals surface area contributed by atoms with Crippen LogP contribution < -0.4 is 15.8 Å². The molecule has 4 nitrogen and oxygen atoms in total. The SMILES string of the molecule is CCOc1cccc(NCCN2CCCCCC2)c1N. The number of hydrogen-bond acceptors (Lipinski definition) is 4. The van der Waals surface area contributed by atoms with Crippen LogP contribution >= 0.6 is 0 Å². The summed E-state index contributed by atoms with van der Waals surface area (Å²) in [6.45, 7) is 7.09. The summed E-state index contributed by atoms with van der Waals surface area (Å²) in [6, 6.07) is 5.91. The van der Waals surface area contributed by atoms with E-state index in [-0.39, 0.29) is 0 Å². The predicted molar refractivity (Wildman–Crippen MR) is 85.4 cm³/mol. The fraction of sp³-hybridized carbons (Fsp3) is 0.625. The number of nitrogens with one attached hydrogen (secondary N) is 1. The lowest BCUT2D eigenvalue weighted by Gasteiger charge is -2.20. The van der Waals surface area contributed by atoms with Crippen LogP contribution in [0, 0.1) is 0 Å². The van der Waals surface area contributed by atoms with Crippen LogP contribution in [0.15, 0.2) is 18.2 Å². The normalized spacial score (nSPS) is 16.6. The van der Waals surface area contributed by atoms with Crippen molar-refractivity contribution in [2.75, 3.05) is 43.8 Å². The fourth-order valence-corrected chi connectivity index (χ4v) is 2.69. The van der Waals surface area contributed by atoms with E-state index in [4.69, 9.17) is 10.5 Å². The second kappa shape index (κ2) is 8.00. The summed E-state index contributed by atoms with van der Waals surface area (Å²) in [4.78, 5) is 2.54. The number of benzene rings is 1.